The summed E-state index contributed by atoms with van der Waals surface area (Å²) in [5.74, 6) is 1.60. The number of hydrogen-bond acceptors (Lipinski definition) is 4. The molecule has 0 amide bonds. The molecule has 0 saturated heterocycles. The van der Waals surface area contributed by atoms with Crippen LogP contribution in [0, 0.1) is 0 Å². The maximum Gasteiger partial charge on any atom is 0.283 e. The van der Waals surface area contributed by atoms with E-state index in [4.69, 9.17) is 8.83 Å². The van der Waals surface area contributed by atoms with E-state index >= 15 is 0 Å². The van der Waals surface area contributed by atoms with Crippen LogP contribution in [0.1, 0.15) is 24.1 Å². The second kappa shape index (κ2) is 4.57. The summed E-state index contributed by atoms with van der Waals surface area (Å²) in [6, 6.07) is 9.70. The monoisotopic (exact) mass is 306 g/mol. The summed E-state index contributed by atoms with van der Waals surface area (Å²) in [5, 5.41) is 9.05. The summed E-state index contributed by atoms with van der Waals surface area (Å²) in [5.41, 5.74) is 0.818. The first-order valence-electron chi connectivity index (χ1n) is 5.74. The van der Waals surface area contributed by atoms with E-state index in [0.717, 1.165) is 17.4 Å². The zero-order valence-corrected chi connectivity index (χ0v) is 11.3. The van der Waals surface area contributed by atoms with Gasteiger partial charge in [-0.2, -0.15) is 0 Å². The van der Waals surface area contributed by atoms with E-state index in [-0.39, 0.29) is 4.83 Å². The molecule has 1 atom stereocenters. The van der Waals surface area contributed by atoms with Gasteiger partial charge in [-0.25, -0.2) is 0 Å². The molecule has 1 unspecified atom stereocenters. The third-order valence-corrected chi connectivity index (χ3v) is 3.74. The van der Waals surface area contributed by atoms with Crippen LogP contribution >= 0.6 is 15.9 Å². The van der Waals surface area contributed by atoms with E-state index in [2.05, 4.69) is 26.1 Å². The highest BCUT2D eigenvalue weighted by Gasteiger charge is 2.17. The van der Waals surface area contributed by atoms with Crippen LogP contribution in [0.25, 0.3) is 22.6 Å². The van der Waals surface area contributed by atoms with Gasteiger partial charge in [-0.3, -0.25) is 0 Å². The molecule has 0 spiro atoms. The van der Waals surface area contributed by atoms with E-state index in [1.807, 2.05) is 37.3 Å². The fraction of sp³-hybridized carbons (Fsp3) is 0.231. The van der Waals surface area contributed by atoms with Crippen molar-refractivity contribution in [2.24, 2.45) is 0 Å². The van der Waals surface area contributed by atoms with Crippen molar-refractivity contribution < 1.29 is 8.83 Å². The summed E-state index contributed by atoms with van der Waals surface area (Å²) < 4.78 is 11.3. The fourth-order valence-electron chi connectivity index (χ4n) is 1.72. The molecule has 0 bridgehead atoms. The Labute approximate surface area is 112 Å². The molecule has 3 rings (SSSR count). The standard InChI is InChI=1S/C13H11BrN2O2/c1-2-9(14)12-15-16-13(18-12)11-7-8-5-3-4-6-10(8)17-11/h3-7,9H,2H2,1H3. The molecule has 0 N–H and O–H groups in total. The quantitative estimate of drug-likeness (QED) is 0.676. The Hall–Kier alpha value is -1.62. The molecule has 1 aromatic carbocycles. The summed E-state index contributed by atoms with van der Waals surface area (Å²) in [4.78, 5) is 0.0862. The zero-order valence-electron chi connectivity index (χ0n) is 9.76. The van der Waals surface area contributed by atoms with Crippen molar-refractivity contribution in [1.29, 1.82) is 0 Å². The number of nitrogens with zero attached hydrogens (tertiary/aromatic N) is 2. The van der Waals surface area contributed by atoms with Gasteiger partial charge in [0.25, 0.3) is 5.89 Å². The number of para-hydroxylation sites is 1. The fourth-order valence-corrected chi connectivity index (χ4v) is 1.91. The Kier molecular flexibility index (Phi) is 2.91. The van der Waals surface area contributed by atoms with Crippen LogP contribution in [0.15, 0.2) is 39.2 Å². The van der Waals surface area contributed by atoms with E-state index in [1.54, 1.807) is 0 Å². The summed E-state index contributed by atoms with van der Waals surface area (Å²) >= 11 is 3.48. The van der Waals surface area contributed by atoms with E-state index in [9.17, 15) is 0 Å². The van der Waals surface area contributed by atoms with Crippen molar-refractivity contribution in [2.45, 2.75) is 18.2 Å². The lowest BCUT2D eigenvalue weighted by molar-refractivity contribution is 0.483. The van der Waals surface area contributed by atoms with E-state index in [1.165, 1.54) is 0 Å². The minimum atomic E-state index is 0.0862. The van der Waals surface area contributed by atoms with Gasteiger partial charge in [-0.05, 0) is 18.6 Å². The SMILES string of the molecule is CCC(Br)c1nnc(-c2cc3ccccc3o2)o1. The first-order valence-corrected chi connectivity index (χ1v) is 6.66. The van der Waals surface area contributed by atoms with Gasteiger partial charge in [-0.15, -0.1) is 10.2 Å². The molecule has 3 aromatic rings. The topological polar surface area (TPSA) is 52.1 Å². The third-order valence-electron chi connectivity index (χ3n) is 2.70. The third kappa shape index (κ3) is 1.95. The van der Waals surface area contributed by atoms with Gasteiger partial charge in [-0.1, -0.05) is 41.1 Å². The molecule has 2 aromatic heterocycles. The van der Waals surface area contributed by atoms with Crippen LogP contribution in [0.2, 0.25) is 0 Å². The van der Waals surface area contributed by atoms with Crippen molar-refractivity contribution in [3.8, 4) is 11.7 Å². The molecule has 92 valence electrons. The molecule has 0 aliphatic rings. The molecule has 2 heterocycles. The lowest BCUT2D eigenvalue weighted by atomic mass is 10.2. The van der Waals surface area contributed by atoms with Crippen LogP contribution in [0.4, 0.5) is 0 Å². The molecule has 0 saturated carbocycles. The largest absolute Gasteiger partial charge is 0.451 e. The summed E-state index contributed by atoms with van der Waals surface area (Å²) in [6.07, 6.45) is 0.891. The Morgan fingerprint density at radius 2 is 2.06 bits per heavy atom. The van der Waals surface area contributed by atoms with Crippen molar-refractivity contribution in [1.82, 2.24) is 10.2 Å². The Morgan fingerprint density at radius 3 is 2.83 bits per heavy atom. The molecular weight excluding hydrogens is 296 g/mol. The lowest BCUT2D eigenvalue weighted by Gasteiger charge is -1.97. The number of hydrogen-bond donors (Lipinski definition) is 0. The average Bonchev–Trinajstić information content (AvgIpc) is 3.03. The van der Waals surface area contributed by atoms with Crippen LogP contribution in [0.5, 0.6) is 0 Å². The lowest BCUT2D eigenvalue weighted by Crippen LogP contribution is -1.86. The highest BCUT2D eigenvalue weighted by atomic mass is 79.9. The smallest absolute Gasteiger partial charge is 0.283 e. The Morgan fingerprint density at radius 1 is 1.22 bits per heavy atom. The minimum absolute atomic E-state index is 0.0862. The Bertz CT molecular complexity index is 641. The molecule has 18 heavy (non-hydrogen) atoms. The number of aromatic nitrogens is 2. The van der Waals surface area contributed by atoms with Gasteiger partial charge in [0.2, 0.25) is 5.89 Å². The minimum Gasteiger partial charge on any atom is -0.451 e. The molecule has 0 aliphatic carbocycles. The van der Waals surface area contributed by atoms with Crippen molar-refractivity contribution in [3.05, 3.63) is 36.2 Å². The highest BCUT2D eigenvalue weighted by Crippen LogP contribution is 2.30. The molecule has 4 nitrogen and oxygen atoms in total. The number of alkyl halides is 1. The Balaban J connectivity index is 2.01. The molecule has 5 heteroatoms. The second-order valence-corrected chi connectivity index (χ2v) is 5.08. The number of halogens is 1. The molecular formula is C13H11BrN2O2. The summed E-state index contributed by atoms with van der Waals surface area (Å²) in [6.45, 7) is 2.05. The average molecular weight is 307 g/mol. The van der Waals surface area contributed by atoms with Gasteiger partial charge in [0.1, 0.15) is 5.58 Å². The maximum absolute atomic E-state index is 5.67. The zero-order chi connectivity index (χ0) is 12.5. The summed E-state index contributed by atoms with van der Waals surface area (Å²) in [7, 11) is 0. The second-order valence-electron chi connectivity index (χ2n) is 3.97. The van der Waals surface area contributed by atoms with E-state index in [0.29, 0.717) is 17.5 Å². The maximum atomic E-state index is 5.67. The van der Waals surface area contributed by atoms with Crippen LogP contribution in [-0.2, 0) is 0 Å². The van der Waals surface area contributed by atoms with Gasteiger partial charge >= 0.3 is 0 Å². The molecule has 0 aliphatic heterocycles. The molecule has 0 radical (unpaired) electrons. The number of furan rings is 1. The first kappa shape index (κ1) is 11.5. The predicted octanol–water partition coefficient (Wildman–Crippen LogP) is 4.33. The highest BCUT2D eigenvalue weighted by molar-refractivity contribution is 9.09. The first-order chi connectivity index (χ1) is 8.78. The van der Waals surface area contributed by atoms with Gasteiger partial charge < -0.3 is 8.83 Å². The van der Waals surface area contributed by atoms with Crippen LogP contribution in [0.3, 0.4) is 0 Å². The van der Waals surface area contributed by atoms with Gasteiger partial charge in [0.15, 0.2) is 5.76 Å². The van der Waals surface area contributed by atoms with E-state index < -0.39 is 0 Å². The number of fused-ring (bicyclic) bond motifs is 1. The van der Waals surface area contributed by atoms with Gasteiger partial charge in [0, 0.05) is 5.39 Å². The molecule has 0 fully saturated rings. The van der Waals surface area contributed by atoms with Crippen LogP contribution < -0.4 is 0 Å². The van der Waals surface area contributed by atoms with Crippen molar-refractivity contribution >= 4 is 26.9 Å². The normalized spacial score (nSPS) is 13.0. The number of benzene rings is 1. The van der Waals surface area contributed by atoms with Gasteiger partial charge in [0.05, 0.1) is 4.83 Å². The number of rotatable bonds is 3. The van der Waals surface area contributed by atoms with Crippen molar-refractivity contribution in [3.63, 3.8) is 0 Å². The predicted molar refractivity (Wildman–Crippen MR) is 71.5 cm³/mol. The van der Waals surface area contributed by atoms with Crippen LogP contribution in [-0.4, -0.2) is 10.2 Å². The van der Waals surface area contributed by atoms with Crippen molar-refractivity contribution in [2.75, 3.05) is 0 Å².